The van der Waals surface area contributed by atoms with Gasteiger partial charge in [-0.3, -0.25) is 0 Å². The fourth-order valence-corrected chi connectivity index (χ4v) is 7.76. The van der Waals surface area contributed by atoms with E-state index in [2.05, 4.69) is 168 Å². The van der Waals surface area contributed by atoms with Gasteiger partial charge < -0.3 is 0 Å². The summed E-state index contributed by atoms with van der Waals surface area (Å²) in [5.74, 6) is 0. The average molecular weight is 610 g/mol. The third-order valence-corrected chi connectivity index (χ3v) is 9.73. The molecule has 43 heavy (non-hydrogen) atoms. The Labute approximate surface area is 258 Å². The van der Waals surface area contributed by atoms with E-state index >= 15 is 0 Å². The molecule has 0 spiro atoms. The molecule has 9 rings (SSSR count). The highest BCUT2D eigenvalue weighted by molar-refractivity contribution is 9.10. The number of halogens is 1. The van der Waals surface area contributed by atoms with Crippen LogP contribution in [0.1, 0.15) is 0 Å². The molecule has 0 heterocycles. The van der Waals surface area contributed by atoms with Gasteiger partial charge in [-0.15, -0.1) is 0 Å². The molecule has 0 unspecified atom stereocenters. The normalized spacial score (nSPS) is 11.8. The minimum Gasteiger partial charge on any atom is -0.0616 e. The highest BCUT2D eigenvalue weighted by Crippen LogP contribution is 2.47. The largest absolute Gasteiger partial charge is 0.0616 e. The Bertz CT molecular complexity index is 2520. The fraction of sp³-hybridized carbons (Fsp3) is 0. The molecule has 0 radical (unpaired) electrons. The monoisotopic (exact) mass is 608 g/mol. The molecule has 0 aromatic heterocycles. The van der Waals surface area contributed by atoms with E-state index in [0.717, 1.165) is 4.47 Å². The van der Waals surface area contributed by atoms with E-state index in [9.17, 15) is 0 Å². The molecule has 200 valence electrons. The van der Waals surface area contributed by atoms with Crippen LogP contribution < -0.4 is 0 Å². The van der Waals surface area contributed by atoms with Gasteiger partial charge in [0.1, 0.15) is 0 Å². The topological polar surface area (TPSA) is 0 Å². The highest BCUT2D eigenvalue weighted by Gasteiger charge is 2.20. The highest BCUT2D eigenvalue weighted by atomic mass is 79.9. The molecule has 0 aliphatic carbocycles. The summed E-state index contributed by atoms with van der Waals surface area (Å²) < 4.78 is 1.13. The van der Waals surface area contributed by atoms with Crippen LogP contribution in [-0.2, 0) is 0 Å². The van der Waals surface area contributed by atoms with Crippen molar-refractivity contribution in [2.24, 2.45) is 0 Å². The van der Waals surface area contributed by atoms with Crippen molar-refractivity contribution in [2.75, 3.05) is 0 Å². The van der Waals surface area contributed by atoms with Crippen LogP contribution in [-0.4, -0.2) is 0 Å². The summed E-state index contributed by atoms with van der Waals surface area (Å²) in [6.07, 6.45) is 0. The molecule has 1 heteroatoms. The number of hydrogen-bond donors (Lipinski definition) is 0. The molecule has 9 aromatic carbocycles. The van der Waals surface area contributed by atoms with Crippen molar-refractivity contribution in [3.05, 3.63) is 156 Å². The van der Waals surface area contributed by atoms with Crippen molar-refractivity contribution in [3.8, 4) is 22.3 Å². The second-order valence-corrected chi connectivity index (χ2v) is 12.2. The van der Waals surface area contributed by atoms with E-state index in [-0.39, 0.29) is 0 Å². The summed E-state index contributed by atoms with van der Waals surface area (Å²) >= 11 is 3.88. The molecule has 0 N–H and O–H groups in total. The van der Waals surface area contributed by atoms with Crippen molar-refractivity contribution < 1.29 is 0 Å². The first-order chi connectivity index (χ1) is 21.3. The molecule has 0 saturated carbocycles. The first-order valence-electron chi connectivity index (χ1n) is 14.7. The average Bonchev–Trinajstić information content (AvgIpc) is 3.07. The predicted octanol–water partition coefficient (Wildman–Crippen LogP) is 12.7. The summed E-state index contributed by atoms with van der Waals surface area (Å²) in [4.78, 5) is 0. The maximum absolute atomic E-state index is 3.88. The van der Waals surface area contributed by atoms with E-state index in [1.54, 1.807) is 0 Å². The van der Waals surface area contributed by atoms with Crippen LogP contribution in [0, 0.1) is 0 Å². The van der Waals surface area contributed by atoms with Gasteiger partial charge in [0, 0.05) is 4.47 Å². The second kappa shape index (κ2) is 9.52. The van der Waals surface area contributed by atoms with Crippen LogP contribution in [0.3, 0.4) is 0 Å². The Morgan fingerprint density at radius 2 is 0.767 bits per heavy atom. The van der Waals surface area contributed by atoms with Gasteiger partial charge in [-0.05, 0) is 105 Å². The van der Waals surface area contributed by atoms with E-state index in [1.165, 1.54) is 86.9 Å². The molecule has 0 fully saturated rings. The van der Waals surface area contributed by atoms with Crippen molar-refractivity contribution >= 4 is 80.6 Å². The van der Waals surface area contributed by atoms with Crippen LogP contribution in [0.25, 0.3) is 86.9 Å². The zero-order valence-corrected chi connectivity index (χ0v) is 24.9. The Balaban J connectivity index is 1.47. The van der Waals surface area contributed by atoms with Gasteiger partial charge in [0.05, 0.1) is 0 Å². The lowest BCUT2D eigenvalue weighted by Gasteiger charge is -2.20. The number of benzene rings is 9. The van der Waals surface area contributed by atoms with Gasteiger partial charge in [0.15, 0.2) is 0 Å². The molecule has 0 amide bonds. The lowest BCUT2D eigenvalue weighted by molar-refractivity contribution is 1.69. The maximum atomic E-state index is 3.88. The minimum absolute atomic E-state index is 1.13. The summed E-state index contributed by atoms with van der Waals surface area (Å²) in [5.41, 5.74) is 5.10. The van der Waals surface area contributed by atoms with Crippen LogP contribution in [0.5, 0.6) is 0 Å². The smallest absolute Gasteiger partial charge is 0.0260 e. The molecule has 0 aliphatic rings. The Morgan fingerprint density at radius 3 is 1.42 bits per heavy atom. The number of rotatable bonds is 2. The van der Waals surface area contributed by atoms with E-state index in [0.29, 0.717) is 0 Å². The predicted molar refractivity (Wildman–Crippen MR) is 190 cm³/mol. The van der Waals surface area contributed by atoms with Gasteiger partial charge in [0.2, 0.25) is 0 Å². The SMILES string of the molecule is Brc1cc2c3ccccc3c(-c3c4ccccc4c(-c4ccc5ccccc5c4)c4ccccc34)cc2c2ccccc12. The van der Waals surface area contributed by atoms with E-state index < -0.39 is 0 Å². The first kappa shape index (κ1) is 24.6. The molecule has 9 aromatic rings. The Kier molecular flexibility index (Phi) is 5.45. The summed E-state index contributed by atoms with van der Waals surface area (Å²) in [5, 5.41) is 15.2. The molecule has 0 nitrogen and oxygen atoms in total. The summed E-state index contributed by atoms with van der Waals surface area (Å²) in [6, 6.07) is 55.8. The number of fused-ring (bicyclic) bond motifs is 8. The van der Waals surface area contributed by atoms with Gasteiger partial charge >= 0.3 is 0 Å². The van der Waals surface area contributed by atoms with Gasteiger partial charge in [-0.25, -0.2) is 0 Å². The zero-order valence-electron chi connectivity index (χ0n) is 23.3. The quantitative estimate of drug-likeness (QED) is 0.135. The second-order valence-electron chi connectivity index (χ2n) is 11.4. The lowest BCUT2D eigenvalue weighted by Crippen LogP contribution is -1.93. The molecule has 0 bridgehead atoms. The molecule has 0 atom stereocenters. The lowest BCUT2D eigenvalue weighted by atomic mass is 9.83. The third-order valence-electron chi connectivity index (χ3n) is 9.07. The standard InChI is InChI=1S/C42H25Br/c43-40-25-38-29-13-3-4-14-30(29)39(24-37(38)31-15-5-6-16-32(31)40)42-35-19-9-7-17-33(35)41(34-18-8-10-20-36(34)42)28-22-21-26-11-1-2-12-27(26)23-28/h1-25H. The van der Waals surface area contributed by atoms with Gasteiger partial charge in [-0.1, -0.05) is 149 Å². The Hall–Kier alpha value is -4.98. The summed E-state index contributed by atoms with van der Waals surface area (Å²) in [6.45, 7) is 0. The van der Waals surface area contributed by atoms with Crippen molar-refractivity contribution in [1.82, 2.24) is 0 Å². The first-order valence-corrected chi connectivity index (χ1v) is 15.5. The molecular formula is C42H25Br. The van der Waals surface area contributed by atoms with Gasteiger partial charge in [-0.2, -0.15) is 0 Å². The minimum atomic E-state index is 1.13. The van der Waals surface area contributed by atoms with Crippen LogP contribution in [0.15, 0.2) is 156 Å². The van der Waals surface area contributed by atoms with Crippen LogP contribution in [0.2, 0.25) is 0 Å². The maximum Gasteiger partial charge on any atom is 0.0260 e. The van der Waals surface area contributed by atoms with Gasteiger partial charge in [0.25, 0.3) is 0 Å². The molecule has 0 aliphatic heterocycles. The van der Waals surface area contributed by atoms with Crippen molar-refractivity contribution in [3.63, 3.8) is 0 Å². The molecule has 0 saturated heterocycles. The summed E-state index contributed by atoms with van der Waals surface area (Å²) in [7, 11) is 0. The number of hydrogen-bond acceptors (Lipinski definition) is 0. The van der Waals surface area contributed by atoms with Crippen molar-refractivity contribution in [2.45, 2.75) is 0 Å². The van der Waals surface area contributed by atoms with Crippen molar-refractivity contribution in [1.29, 1.82) is 0 Å². The third kappa shape index (κ3) is 3.68. The van der Waals surface area contributed by atoms with E-state index in [4.69, 9.17) is 0 Å². The van der Waals surface area contributed by atoms with Crippen LogP contribution >= 0.6 is 15.9 Å². The fourth-order valence-electron chi connectivity index (χ4n) is 7.19. The Morgan fingerprint density at radius 1 is 0.302 bits per heavy atom. The molecular weight excluding hydrogens is 584 g/mol. The van der Waals surface area contributed by atoms with E-state index in [1.807, 2.05) is 0 Å². The zero-order chi connectivity index (χ0) is 28.5. The van der Waals surface area contributed by atoms with Crippen LogP contribution in [0.4, 0.5) is 0 Å².